The van der Waals surface area contributed by atoms with Gasteiger partial charge in [-0.15, -0.1) is 0 Å². The fourth-order valence-electron chi connectivity index (χ4n) is 1.64. The number of benzene rings is 2. The summed E-state index contributed by atoms with van der Waals surface area (Å²) in [4.78, 5) is 10.8. The van der Waals surface area contributed by atoms with Gasteiger partial charge in [-0.25, -0.2) is 4.79 Å². The van der Waals surface area contributed by atoms with Crippen molar-refractivity contribution in [1.29, 1.82) is 5.26 Å². The average Bonchev–Trinajstić information content (AvgIpc) is 2.41. The van der Waals surface area contributed by atoms with E-state index in [1.807, 2.05) is 13.0 Å². The minimum atomic E-state index is -1.06. The summed E-state index contributed by atoms with van der Waals surface area (Å²) in [7, 11) is 0. The third-order valence-corrected chi connectivity index (χ3v) is 2.95. The predicted molar refractivity (Wildman–Crippen MR) is 74.4 cm³/mol. The van der Waals surface area contributed by atoms with Gasteiger partial charge in [-0.1, -0.05) is 17.7 Å². The number of nitriles is 1. The number of nitrogens with zero attached hydrogens (tertiary/aromatic N) is 1. The zero-order valence-corrected chi connectivity index (χ0v) is 11.3. The highest BCUT2D eigenvalue weighted by atomic mass is 35.5. The third kappa shape index (κ3) is 2.90. The summed E-state index contributed by atoms with van der Waals surface area (Å²) in [5.41, 5.74) is 1.40. The number of halogens is 1. The normalized spacial score (nSPS) is 9.85. The van der Waals surface area contributed by atoms with Crippen molar-refractivity contribution in [3.05, 3.63) is 58.1 Å². The summed E-state index contributed by atoms with van der Waals surface area (Å²) in [5, 5.41) is 18.1. The first kappa shape index (κ1) is 13.9. The monoisotopic (exact) mass is 287 g/mol. The summed E-state index contributed by atoms with van der Waals surface area (Å²) in [6.07, 6.45) is 0. The average molecular weight is 288 g/mol. The van der Waals surface area contributed by atoms with Gasteiger partial charge in [0.2, 0.25) is 0 Å². The number of carboxylic acids is 1. The molecule has 0 aliphatic heterocycles. The van der Waals surface area contributed by atoms with Gasteiger partial charge in [0.1, 0.15) is 17.6 Å². The molecular formula is C15H10ClNO3. The third-order valence-electron chi connectivity index (χ3n) is 2.66. The van der Waals surface area contributed by atoms with E-state index in [-0.39, 0.29) is 10.6 Å². The molecule has 0 unspecified atom stereocenters. The van der Waals surface area contributed by atoms with Crippen LogP contribution in [-0.2, 0) is 0 Å². The van der Waals surface area contributed by atoms with Gasteiger partial charge >= 0.3 is 5.97 Å². The lowest BCUT2D eigenvalue weighted by atomic mass is 10.1. The van der Waals surface area contributed by atoms with Gasteiger partial charge in [0.25, 0.3) is 0 Å². The van der Waals surface area contributed by atoms with Crippen LogP contribution in [0.25, 0.3) is 0 Å². The van der Waals surface area contributed by atoms with Crippen LogP contribution in [0.4, 0.5) is 0 Å². The molecule has 0 amide bonds. The van der Waals surface area contributed by atoms with Gasteiger partial charge in [0.15, 0.2) is 0 Å². The molecule has 0 atom stereocenters. The first-order valence-corrected chi connectivity index (χ1v) is 6.10. The van der Waals surface area contributed by atoms with Crippen LogP contribution in [0.15, 0.2) is 36.4 Å². The molecule has 100 valence electrons. The predicted octanol–water partition coefficient (Wildman–Crippen LogP) is 4.01. The molecule has 0 radical (unpaired) electrons. The molecule has 0 fully saturated rings. The minimum absolute atomic E-state index is 0.0760. The first-order chi connectivity index (χ1) is 9.51. The molecule has 0 heterocycles. The van der Waals surface area contributed by atoms with Crippen LogP contribution in [0, 0.1) is 18.3 Å². The van der Waals surface area contributed by atoms with Crippen molar-refractivity contribution in [2.24, 2.45) is 0 Å². The minimum Gasteiger partial charge on any atom is -0.478 e. The summed E-state index contributed by atoms with van der Waals surface area (Å²) in [6.45, 7) is 1.88. The lowest BCUT2D eigenvalue weighted by molar-refractivity contribution is 0.0697. The molecule has 5 heteroatoms. The summed E-state index contributed by atoms with van der Waals surface area (Å²) in [5.74, 6) is -0.372. The van der Waals surface area contributed by atoms with Crippen LogP contribution in [-0.4, -0.2) is 11.1 Å². The number of aryl methyl sites for hydroxylation is 1. The highest BCUT2D eigenvalue weighted by molar-refractivity contribution is 6.32. The maximum Gasteiger partial charge on any atom is 0.335 e. The summed E-state index contributed by atoms with van der Waals surface area (Å²) >= 11 is 5.99. The number of carbonyl (C=O) groups is 1. The molecule has 0 bridgehead atoms. The van der Waals surface area contributed by atoms with Crippen molar-refractivity contribution in [2.45, 2.75) is 6.92 Å². The van der Waals surface area contributed by atoms with Gasteiger partial charge in [-0.3, -0.25) is 0 Å². The van der Waals surface area contributed by atoms with E-state index in [9.17, 15) is 4.79 Å². The summed E-state index contributed by atoms with van der Waals surface area (Å²) < 4.78 is 5.60. The molecule has 0 saturated carbocycles. The number of carboxylic acid groups (broad SMARTS) is 1. The quantitative estimate of drug-likeness (QED) is 0.926. The van der Waals surface area contributed by atoms with Crippen LogP contribution in [0.3, 0.4) is 0 Å². The molecule has 20 heavy (non-hydrogen) atoms. The van der Waals surface area contributed by atoms with Crippen LogP contribution >= 0.6 is 11.6 Å². The highest BCUT2D eigenvalue weighted by Crippen LogP contribution is 2.32. The van der Waals surface area contributed by atoms with Crippen LogP contribution < -0.4 is 4.74 Å². The zero-order chi connectivity index (χ0) is 14.7. The second-order valence-electron chi connectivity index (χ2n) is 4.16. The number of hydrogen-bond acceptors (Lipinski definition) is 3. The Labute approximate surface area is 120 Å². The highest BCUT2D eigenvalue weighted by Gasteiger charge is 2.11. The Balaban J connectivity index is 2.38. The largest absolute Gasteiger partial charge is 0.478 e. The van der Waals surface area contributed by atoms with Gasteiger partial charge in [-0.2, -0.15) is 5.26 Å². The van der Waals surface area contributed by atoms with Crippen molar-refractivity contribution in [3.8, 4) is 17.6 Å². The maximum absolute atomic E-state index is 10.8. The molecule has 0 aliphatic carbocycles. The molecule has 2 aromatic carbocycles. The van der Waals surface area contributed by atoms with E-state index < -0.39 is 5.97 Å². The summed E-state index contributed by atoms with van der Waals surface area (Å²) in [6, 6.07) is 11.4. The Bertz CT molecular complexity index is 720. The molecule has 2 rings (SSSR count). The number of ether oxygens (including phenoxy) is 1. The molecule has 0 aliphatic rings. The smallest absolute Gasteiger partial charge is 0.335 e. The van der Waals surface area contributed by atoms with Crippen LogP contribution in [0.2, 0.25) is 5.02 Å². The Morgan fingerprint density at radius 1 is 1.25 bits per heavy atom. The van der Waals surface area contributed by atoms with Gasteiger partial charge in [0.05, 0.1) is 16.1 Å². The Morgan fingerprint density at radius 2 is 2.00 bits per heavy atom. The van der Waals surface area contributed by atoms with Crippen molar-refractivity contribution in [2.75, 3.05) is 0 Å². The van der Waals surface area contributed by atoms with Crippen LogP contribution in [0.1, 0.15) is 21.5 Å². The van der Waals surface area contributed by atoms with E-state index >= 15 is 0 Å². The molecular weight excluding hydrogens is 278 g/mol. The van der Waals surface area contributed by atoms with E-state index in [1.54, 1.807) is 18.2 Å². The van der Waals surface area contributed by atoms with Crippen molar-refractivity contribution in [3.63, 3.8) is 0 Å². The molecule has 2 aromatic rings. The van der Waals surface area contributed by atoms with Gasteiger partial charge in [0, 0.05) is 0 Å². The number of rotatable bonds is 3. The number of hydrogen-bond donors (Lipinski definition) is 1. The Kier molecular flexibility index (Phi) is 3.92. The fraction of sp³-hybridized carbons (Fsp3) is 0.0667. The van der Waals surface area contributed by atoms with Gasteiger partial charge in [-0.05, 0) is 42.8 Å². The standard InChI is InChI=1S/C15H10ClNO3/c1-9-2-3-11(8-17)14(6-9)20-13-5-4-10(15(18)19)7-12(13)16/h2-7H,1H3,(H,18,19). The molecule has 0 spiro atoms. The second-order valence-corrected chi connectivity index (χ2v) is 4.57. The lowest BCUT2D eigenvalue weighted by Crippen LogP contribution is -1.96. The maximum atomic E-state index is 10.8. The van der Waals surface area contributed by atoms with Crippen LogP contribution in [0.5, 0.6) is 11.5 Å². The topological polar surface area (TPSA) is 70.3 Å². The lowest BCUT2D eigenvalue weighted by Gasteiger charge is -2.10. The van der Waals surface area contributed by atoms with E-state index in [2.05, 4.69) is 0 Å². The molecule has 1 N–H and O–H groups in total. The van der Waals surface area contributed by atoms with Gasteiger partial charge < -0.3 is 9.84 Å². The van der Waals surface area contributed by atoms with E-state index in [0.29, 0.717) is 17.1 Å². The molecule has 4 nitrogen and oxygen atoms in total. The van der Waals surface area contributed by atoms with E-state index in [4.69, 9.17) is 26.7 Å². The molecule has 0 saturated heterocycles. The second kappa shape index (κ2) is 5.64. The Hall–Kier alpha value is -2.51. The van der Waals surface area contributed by atoms with E-state index in [0.717, 1.165) is 5.56 Å². The first-order valence-electron chi connectivity index (χ1n) is 5.72. The Morgan fingerprint density at radius 3 is 2.60 bits per heavy atom. The molecule has 0 aromatic heterocycles. The SMILES string of the molecule is Cc1ccc(C#N)c(Oc2ccc(C(=O)O)cc2Cl)c1. The van der Waals surface area contributed by atoms with Crippen molar-refractivity contribution in [1.82, 2.24) is 0 Å². The fourth-order valence-corrected chi connectivity index (χ4v) is 1.86. The van der Waals surface area contributed by atoms with Crippen molar-refractivity contribution >= 4 is 17.6 Å². The van der Waals surface area contributed by atoms with Crippen molar-refractivity contribution < 1.29 is 14.6 Å². The number of aromatic carboxylic acids is 1. The zero-order valence-electron chi connectivity index (χ0n) is 10.6. The van der Waals surface area contributed by atoms with E-state index in [1.165, 1.54) is 18.2 Å².